The van der Waals surface area contributed by atoms with E-state index in [-0.39, 0.29) is 30.2 Å². The number of unbranched alkanes of at least 4 members (excludes halogenated alkanes) is 18. The molecule has 1 fully saturated rings. The van der Waals surface area contributed by atoms with E-state index in [1.54, 1.807) is 0 Å². The standard InChI is InChI=1S/C34H66N4O3/c1-3-5-7-9-11-13-15-17-19-21-27-36-32(39)26-25-31(38-34(41)30-24-23-29-35-30)33(40)37-28-22-20-18-16-14-12-10-8-6-4-2/h30-31,35H,3-29H2,1-2H3,(H,36,39)(H,37,40)(H,38,41). The largest absolute Gasteiger partial charge is 0.356 e. The Bertz CT molecular complexity index is 652. The Labute approximate surface area is 252 Å². The molecule has 0 aromatic carbocycles. The monoisotopic (exact) mass is 579 g/mol. The van der Waals surface area contributed by atoms with E-state index in [0.29, 0.717) is 19.5 Å². The van der Waals surface area contributed by atoms with Crippen LogP contribution < -0.4 is 21.3 Å². The molecule has 0 aliphatic carbocycles. The van der Waals surface area contributed by atoms with Crippen LogP contribution in [0.4, 0.5) is 0 Å². The predicted octanol–water partition coefficient (Wildman–Crippen LogP) is 7.08. The van der Waals surface area contributed by atoms with E-state index in [1.165, 1.54) is 103 Å². The predicted molar refractivity (Wildman–Crippen MR) is 172 cm³/mol. The lowest BCUT2D eigenvalue weighted by Gasteiger charge is -2.20. The number of rotatable bonds is 28. The fourth-order valence-corrected chi connectivity index (χ4v) is 5.60. The first kappa shape index (κ1) is 37.4. The van der Waals surface area contributed by atoms with Gasteiger partial charge in [-0.15, -0.1) is 0 Å². The van der Waals surface area contributed by atoms with Crippen molar-refractivity contribution < 1.29 is 14.4 Å². The highest BCUT2D eigenvalue weighted by atomic mass is 16.2. The van der Waals surface area contributed by atoms with E-state index in [9.17, 15) is 14.4 Å². The van der Waals surface area contributed by atoms with Gasteiger partial charge in [0.1, 0.15) is 6.04 Å². The lowest BCUT2D eigenvalue weighted by atomic mass is 10.1. The van der Waals surface area contributed by atoms with Gasteiger partial charge in [0, 0.05) is 19.5 Å². The molecule has 2 atom stereocenters. The van der Waals surface area contributed by atoms with Crippen LogP contribution in [0.5, 0.6) is 0 Å². The number of nitrogens with one attached hydrogen (secondary N) is 4. The van der Waals surface area contributed by atoms with Crippen molar-refractivity contribution in [3.63, 3.8) is 0 Å². The summed E-state index contributed by atoms with van der Waals surface area (Å²) in [6, 6.07) is -0.909. The number of carbonyl (C=O) groups is 3. The second-order valence-electron chi connectivity index (χ2n) is 12.3. The van der Waals surface area contributed by atoms with Crippen molar-refractivity contribution in [3.8, 4) is 0 Å². The van der Waals surface area contributed by atoms with Crippen LogP contribution in [-0.2, 0) is 14.4 Å². The maximum absolute atomic E-state index is 12.9. The van der Waals surface area contributed by atoms with E-state index in [2.05, 4.69) is 35.1 Å². The molecular formula is C34H66N4O3. The number of amides is 3. The summed E-state index contributed by atoms with van der Waals surface area (Å²) in [5.41, 5.74) is 0. The van der Waals surface area contributed by atoms with Crippen molar-refractivity contribution in [2.75, 3.05) is 19.6 Å². The van der Waals surface area contributed by atoms with Crippen LogP contribution in [0.15, 0.2) is 0 Å². The molecule has 41 heavy (non-hydrogen) atoms. The average Bonchev–Trinajstić information content (AvgIpc) is 3.52. The third-order valence-electron chi connectivity index (χ3n) is 8.35. The summed E-state index contributed by atoms with van der Waals surface area (Å²) >= 11 is 0. The van der Waals surface area contributed by atoms with Crippen molar-refractivity contribution >= 4 is 17.7 Å². The van der Waals surface area contributed by atoms with Gasteiger partial charge in [0.2, 0.25) is 17.7 Å². The molecule has 1 heterocycles. The third kappa shape index (κ3) is 21.7. The molecule has 0 aromatic rings. The molecule has 1 aliphatic heterocycles. The van der Waals surface area contributed by atoms with Crippen LogP contribution >= 0.6 is 0 Å². The fraction of sp³-hybridized carbons (Fsp3) is 0.912. The van der Waals surface area contributed by atoms with E-state index < -0.39 is 6.04 Å². The Morgan fingerprint density at radius 2 is 1.12 bits per heavy atom. The van der Waals surface area contributed by atoms with Crippen LogP contribution in [0.25, 0.3) is 0 Å². The Hall–Kier alpha value is -1.63. The summed E-state index contributed by atoms with van der Waals surface area (Å²) in [6.07, 6.45) is 27.5. The molecular weight excluding hydrogens is 512 g/mol. The maximum atomic E-state index is 12.9. The van der Waals surface area contributed by atoms with Gasteiger partial charge in [-0.05, 0) is 38.6 Å². The van der Waals surface area contributed by atoms with Crippen LogP contribution in [0.1, 0.15) is 168 Å². The molecule has 7 nitrogen and oxygen atoms in total. The lowest BCUT2D eigenvalue weighted by molar-refractivity contribution is -0.130. The number of carbonyl (C=O) groups excluding carboxylic acids is 3. The van der Waals surface area contributed by atoms with Gasteiger partial charge in [-0.2, -0.15) is 0 Å². The number of hydrogen-bond acceptors (Lipinski definition) is 4. The third-order valence-corrected chi connectivity index (χ3v) is 8.35. The zero-order chi connectivity index (χ0) is 29.8. The van der Waals surface area contributed by atoms with Crippen LogP contribution in [-0.4, -0.2) is 49.4 Å². The minimum Gasteiger partial charge on any atom is -0.356 e. The second kappa shape index (κ2) is 27.2. The first-order valence-electron chi connectivity index (χ1n) is 17.7. The minimum atomic E-state index is -0.670. The molecule has 1 rings (SSSR count). The summed E-state index contributed by atoms with van der Waals surface area (Å²) in [5.74, 6) is -0.344. The molecule has 4 N–H and O–H groups in total. The average molecular weight is 579 g/mol. The molecule has 0 radical (unpaired) electrons. The van der Waals surface area contributed by atoms with Crippen molar-refractivity contribution in [2.45, 2.75) is 180 Å². The zero-order valence-corrected chi connectivity index (χ0v) is 27.0. The van der Waals surface area contributed by atoms with E-state index in [4.69, 9.17) is 0 Å². The Morgan fingerprint density at radius 3 is 1.59 bits per heavy atom. The first-order chi connectivity index (χ1) is 20.1. The lowest BCUT2D eigenvalue weighted by Crippen LogP contribution is -2.51. The molecule has 0 aromatic heterocycles. The van der Waals surface area contributed by atoms with Gasteiger partial charge in [0.25, 0.3) is 0 Å². The van der Waals surface area contributed by atoms with Gasteiger partial charge in [0.05, 0.1) is 6.04 Å². The highest BCUT2D eigenvalue weighted by molar-refractivity contribution is 5.90. The van der Waals surface area contributed by atoms with Crippen LogP contribution in [0, 0.1) is 0 Å². The van der Waals surface area contributed by atoms with E-state index in [0.717, 1.165) is 45.1 Å². The highest BCUT2D eigenvalue weighted by Gasteiger charge is 2.27. The van der Waals surface area contributed by atoms with Crippen molar-refractivity contribution in [1.82, 2.24) is 21.3 Å². The molecule has 1 saturated heterocycles. The van der Waals surface area contributed by atoms with E-state index in [1.807, 2.05) is 0 Å². The quantitative estimate of drug-likeness (QED) is 0.0746. The minimum absolute atomic E-state index is 0.0401. The summed E-state index contributed by atoms with van der Waals surface area (Å²) in [5, 5.41) is 12.1. The first-order valence-corrected chi connectivity index (χ1v) is 17.7. The summed E-state index contributed by atoms with van der Waals surface area (Å²) in [7, 11) is 0. The van der Waals surface area contributed by atoms with Crippen molar-refractivity contribution in [3.05, 3.63) is 0 Å². The molecule has 3 amide bonds. The van der Waals surface area contributed by atoms with Crippen molar-refractivity contribution in [2.24, 2.45) is 0 Å². The maximum Gasteiger partial charge on any atom is 0.242 e. The molecule has 1 aliphatic rings. The fourth-order valence-electron chi connectivity index (χ4n) is 5.60. The second-order valence-corrected chi connectivity index (χ2v) is 12.3. The van der Waals surface area contributed by atoms with Gasteiger partial charge in [-0.1, -0.05) is 129 Å². The number of hydrogen-bond donors (Lipinski definition) is 4. The van der Waals surface area contributed by atoms with E-state index >= 15 is 0 Å². The molecule has 0 bridgehead atoms. The highest BCUT2D eigenvalue weighted by Crippen LogP contribution is 2.12. The molecule has 0 spiro atoms. The van der Waals surface area contributed by atoms with Gasteiger partial charge in [0.15, 0.2) is 0 Å². The topological polar surface area (TPSA) is 99.3 Å². The van der Waals surface area contributed by atoms with Gasteiger partial charge in [-0.25, -0.2) is 0 Å². The molecule has 7 heteroatoms. The van der Waals surface area contributed by atoms with Crippen molar-refractivity contribution in [1.29, 1.82) is 0 Å². The summed E-state index contributed by atoms with van der Waals surface area (Å²) in [6.45, 7) is 6.63. The Morgan fingerprint density at radius 1 is 0.659 bits per heavy atom. The zero-order valence-electron chi connectivity index (χ0n) is 27.0. The summed E-state index contributed by atoms with van der Waals surface area (Å²) < 4.78 is 0. The molecule has 0 saturated carbocycles. The Balaban J connectivity index is 2.23. The summed E-state index contributed by atoms with van der Waals surface area (Å²) in [4.78, 5) is 38.1. The SMILES string of the molecule is CCCCCCCCCCCCNC(=O)CCC(NC(=O)C1CCCN1)C(=O)NCCCCCCCCCCCC. The van der Waals surface area contributed by atoms with Crippen LogP contribution in [0.2, 0.25) is 0 Å². The normalized spacial score (nSPS) is 15.5. The smallest absolute Gasteiger partial charge is 0.242 e. The van der Waals surface area contributed by atoms with Gasteiger partial charge in [-0.3, -0.25) is 14.4 Å². The molecule has 240 valence electrons. The van der Waals surface area contributed by atoms with Gasteiger partial charge < -0.3 is 21.3 Å². The molecule has 2 unspecified atom stereocenters. The Kier molecular flexibility index (Phi) is 24.8. The van der Waals surface area contributed by atoms with Gasteiger partial charge >= 0.3 is 0 Å². The van der Waals surface area contributed by atoms with Crippen LogP contribution in [0.3, 0.4) is 0 Å².